The van der Waals surface area contributed by atoms with Gasteiger partial charge in [0, 0.05) is 13.0 Å². The minimum atomic E-state index is -1.88. The Hall–Kier alpha value is -1.51. The molecule has 0 aliphatic heterocycles. The second-order valence-corrected chi connectivity index (χ2v) is 13.1. The first-order valence-electron chi connectivity index (χ1n) is 9.38. The SMILES string of the molecule is CC(C)(C)[Si](C)(C)OCn1c(CCCCCCO)nc2c(N)ncnc21. The van der Waals surface area contributed by atoms with E-state index in [1.807, 2.05) is 4.57 Å². The highest BCUT2D eigenvalue weighted by Gasteiger charge is 2.37. The number of hydrogen-bond donors (Lipinski definition) is 2. The van der Waals surface area contributed by atoms with E-state index in [2.05, 4.69) is 43.8 Å². The van der Waals surface area contributed by atoms with Crippen LogP contribution in [0.5, 0.6) is 0 Å². The lowest BCUT2D eigenvalue weighted by Crippen LogP contribution is -2.41. The maximum absolute atomic E-state index is 8.91. The molecule has 146 valence electrons. The second-order valence-electron chi connectivity index (χ2n) is 8.31. The monoisotopic (exact) mass is 379 g/mol. The van der Waals surface area contributed by atoms with Crippen molar-refractivity contribution in [3.8, 4) is 0 Å². The number of imidazole rings is 1. The quantitative estimate of drug-likeness (QED) is 0.511. The first-order valence-corrected chi connectivity index (χ1v) is 12.3. The normalized spacial score (nSPS) is 12.8. The van der Waals surface area contributed by atoms with Crippen LogP contribution in [0.2, 0.25) is 18.1 Å². The summed E-state index contributed by atoms with van der Waals surface area (Å²) < 4.78 is 8.44. The summed E-state index contributed by atoms with van der Waals surface area (Å²) in [6.45, 7) is 11.9. The van der Waals surface area contributed by atoms with Crippen molar-refractivity contribution in [1.82, 2.24) is 19.5 Å². The lowest BCUT2D eigenvalue weighted by Gasteiger charge is -2.36. The fraction of sp³-hybridized carbons (Fsp3) is 0.722. The van der Waals surface area contributed by atoms with Gasteiger partial charge in [0.1, 0.15) is 18.9 Å². The number of nitrogen functional groups attached to an aromatic ring is 1. The molecule has 0 unspecified atom stereocenters. The van der Waals surface area contributed by atoms with Gasteiger partial charge >= 0.3 is 0 Å². The molecule has 8 heteroatoms. The Morgan fingerprint density at radius 2 is 1.85 bits per heavy atom. The van der Waals surface area contributed by atoms with Gasteiger partial charge in [-0.2, -0.15) is 0 Å². The molecular weight excluding hydrogens is 346 g/mol. The molecule has 2 aromatic rings. The van der Waals surface area contributed by atoms with E-state index in [1.54, 1.807) is 0 Å². The van der Waals surface area contributed by atoms with Gasteiger partial charge in [-0.25, -0.2) is 15.0 Å². The number of nitrogens with zero attached hydrogens (tertiary/aromatic N) is 4. The number of anilines is 1. The van der Waals surface area contributed by atoms with Crippen LogP contribution in [0.25, 0.3) is 11.2 Å². The van der Waals surface area contributed by atoms with E-state index in [0.29, 0.717) is 18.1 Å². The number of hydrogen-bond acceptors (Lipinski definition) is 6. The summed E-state index contributed by atoms with van der Waals surface area (Å²) in [6.07, 6.45) is 6.27. The summed E-state index contributed by atoms with van der Waals surface area (Å²) in [5, 5.41) is 9.05. The molecule has 2 heterocycles. The number of fused-ring (bicyclic) bond motifs is 1. The molecule has 0 amide bonds. The zero-order chi connectivity index (χ0) is 19.4. The smallest absolute Gasteiger partial charge is 0.194 e. The van der Waals surface area contributed by atoms with Crippen molar-refractivity contribution in [2.24, 2.45) is 0 Å². The summed E-state index contributed by atoms with van der Waals surface area (Å²) in [5.74, 6) is 1.34. The lowest BCUT2D eigenvalue weighted by atomic mass is 10.1. The highest BCUT2D eigenvalue weighted by molar-refractivity contribution is 6.74. The van der Waals surface area contributed by atoms with Gasteiger partial charge in [-0.05, 0) is 31.0 Å². The van der Waals surface area contributed by atoms with Crippen LogP contribution in [0, 0.1) is 0 Å². The number of rotatable bonds is 9. The van der Waals surface area contributed by atoms with Gasteiger partial charge in [0.2, 0.25) is 0 Å². The Kier molecular flexibility index (Phi) is 6.76. The minimum absolute atomic E-state index is 0.141. The molecule has 0 saturated carbocycles. The minimum Gasteiger partial charge on any atom is -0.399 e. The molecule has 0 saturated heterocycles. The topological polar surface area (TPSA) is 99.1 Å². The van der Waals surface area contributed by atoms with E-state index < -0.39 is 8.32 Å². The molecule has 2 aromatic heterocycles. The fourth-order valence-corrected chi connectivity index (χ4v) is 3.40. The van der Waals surface area contributed by atoms with E-state index >= 15 is 0 Å². The summed E-state index contributed by atoms with van der Waals surface area (Å²) >= 11 is 0. The third-order valence-electron chi connectivity index (χ3n) is 5.31. The highest BCUT2D eigenvalue weighted by atomic mass is 28.4. The zero-order valence-corrected chi connectivity index (χ0v) is 17.7. The zero-order valence-electron chi connectivity index (χ0n) is 16.7. The first-order chi connectivity index (χ1) is 12.2. The van der Waals surface area contributed by atoms with Crippen molar-refractivity contribution in [2.75, 3.05) is 12.3 Å². The third kappa shape index (κ3) is 4.80. The summed E-state index contributed by atoms with van der Waals surface area (Å²) in [7, 11) is -1.88. The maximum atomic E-state index is 8.91. The van der Waals surface area contributed by atoms with Crippen LogP contribution in [-0.2, 0) is 17.6 Å². The maximum Gasteiger partial charge on any atom is 0.194 e. The van der Waals surface area contributed by atoms with Crippen LogP contribution in [0.3, 0.4) is 0 Å². The molecule has 0 aliphatic rings. The Labute approximate surface area is 157 Å². The second kappa shape index (κ2) is 8.45. The standard InChI is InChI=1S/C18H33N5O2Si/c1-18(2,3)26(4,5)25-13-23-14(10-8-6-7-9-11-24)22-15-16(19)20-12-21-17(15)23/h12,24H,6-11,13H2,1-5H3,(H2,19,20,21). The molecule has 0 bridgehead atoms. The predicted octanol–water partition coefficient (Wildman–Crippen LogP) is 3.48. The molecule has 26 heavy (non-hydrogen) atoms. The van der Waals surface area contributed by atoms with Gasteiger partial charge in [0.25, 0.3) is 0 Å². The molecule has 2 rings (SSSR count). The van der Waals surface area contributed by atoms with Crippen molar-refractivity contribution in [3.05, 3.63) is 12.2 Å². The Bertz CT molecular complexity index is 724. The highest BCUT2D eigenvalue weighted by Crippen LogP contribution is 2.37. The predicted molar refractivity (Wildman–Crippen MR) is 107 cm³/mol. The lowest BCUT2D eigenvalue weighted by molar-refractivity contribution is 0.212. The molecule has 0 aliphatic carbocycles. The van der Waals surface area contributed by atoms with Crippen LogP contribution in [0.15, 0.2) is 6.33 Å². The summed E-state index contributed by atoms with van der Waals surface area (Å²) in [4.78, 5) is 13.1. The summed E-state index contributed by atoms with van der Waals surface area (Å²) in [6, 6.07) is 0. The average molecular weight is 380 g/mol. The van der Waals surface area contributed by atoms with Gasteiger partial charge in [0.15, 0.2) is 25.3 Å². The molecule has 0 fully saturated rings. The number of unbranched alkanes of at least 4 members (excludes halogenated alkanes) is 3. The van der Waals surface area contributed by atoms with Gasteiger partial charge in [-0.1, -0.05) is 33.6 Å². The van der Waals surface area contributed by atoms with Crippen molar-refractivity contribution < 1.29 is 9.53 Å². The number of aliphatic hydroxyl groups is 1. The third-order valence-corrected chi connectivity index (χ3v) is 9.77. The molecule has 0 atom stereocenters. The van der Waals surface area contributed by atoms with Crippen molar-refractivity contribution in [2.45, 2.75) is 77.7 Å². The number of aromatic nitrogens is 4. The van der Waals surface area contributed by atoms with Crippen LogP contribution in [0.4, 0.5) is 5.82 Å². The van der Waals surface area contributed by atoms with Crippen LogP contribution < -0.4 is 5.73 Å². The van der Waals surface area contributed by atoms with Crippen molar-refractivity contribution in [1.29, 1.82) is 0 Å². The van der Waals surface area contributed by atoms with Crippen LogP contribution in [-0.4, -0.2) is 39.5 Å². The summed E-state index contributed by atoms with van der Waals surface area (Å²) in [5.41, 5.74) is 7.38. The van der Waals surface area contributed by atoms with E-state index in [0.717, 1.165) is 43.6 Å². The van der Waals surface area contributed by atoms with Crippen LogP contribution in [0.1, 0.15) is 52.3 Å². The van der Waals surface area contributed by atoms with E-state index in [4.69, 9.17) is 20.3 Å². The number of aryl methyl sites for hydroxylation is 1. The van der Waals surface area contributed by atoms with Gasteiger partial charge in [-0.15, -0.1) is 0 Å². The fourth-order valence-electron chi connectivity index (χ4n) is 2.52. The molecule has 7 nitrogen and oxygen atoms in total. The molecule has 0 radical (unpaired) electrons. The van der Waals surface area contributed by atoms with E-state index in [1.165, 1.54) is 6.33 Å². The van der Waals surface area contributed by atoms with E-state index in [9.17, 15) is 0 Å². The first kappa shape index (κ1) is 20.8. The molecule has 0 aromatic carbocycles. The molecule has 0 spiro atoms. The largest absolute Gasteiger partial charge is 0.399 e. The number of nitrogens with two attached hydrogens (primary N) is 1. The van der Waals surface area contributed by atoms with Gasteiger partial charge in [-0.3, -0.25) is 4.57 Å². The molecular formula is C18H33N5O2Si. The Morgan fingerprint density at radius 3 is 2.50 bits per heavy atom. The van der Waals surface area contributed by atoms with E-state index in [-0.39, 0.29) is 11.6 Å². The number of aliphatic hydroxyl groups excluding tert-OH is 1. The van der Waals surface area contributed by atoms with Crippen molar-refractivity contribution in [3.63, 3.8) is 0 Å². The van der Waals surface area contributed by atoms with Crippen LogP contribution >= 0.6 is 0 Å². The Balaban J connectivity index is 2.21. The Morgan fingerprint density at radius 1 is 1.15 bits per heavy atom. The van der Waals surface area contributed by atoms with Gasteiger partial charge < -0.3 is 15.3 Å². The average Bonchev–Trinajstić information content (AvgIpc) is 2.91. The van der Waals surface area contributed by atoms with Gasteiger partial charge in [0.05, 0.1) is 0 Å². The van der Waals surface area contributed by atoms with Crippen molar-refractivity contribution >= 4 is 25.3 Å². The molecule has 3 N–H and O–H groups in total.